The molecule has 1 fully saturated rings. The van der Waals surface area contributed by atoms with Gasteiger partial charge in [-0.05, 0) is 25.2 Å². The first-order valence-corrected chi connectivity index (χ1v) is 6.21. The van der Waals surface area contributed by atoms with Crippen LogP contribution in [0, 0.1) is 5.92 Å². The van der Waals surface area contributed by atoms with Crippen molar-refractivity contribution in [2.24, 2.45) is 11.7 Å². The van der Waals surface area contributed by atoms with Crippen molar-refractivity contribution < 1.29 is 9.53 Å². The Balaban J connectivity index is 2.09. The molecule has 1 amide bonds. The van der Waals surface area contributed by atoms with Gasteiger partial charge in [-0.3, -0.25) is 4.79 Å². The monoisotopic (exact) mass is 228 g/mol. The van der Waals surface area contributed by atoms with Crippen LogP contribution in [0.2, 0.25) is 0 Å². The molecule has 94 valence electrons. The second-order valence-electron chi connectivity index (χ2n) is 5.03. The SMILES string of the molecule is CC(C)CC(N)CNC(=O)CC1CCCO1. The molecule has 1 saturated heterocycles. The van der Waals surface area contributed by atoms with Gasteiger partial charge in [-0.15, -0.1) is 0 Å². The summed E-state index contributed by atoms with van der Waals surface area (Å²) in [4.78, 5) is 11.5. The van der Waals surface area contributed by atoms with E-state index in [9.17, 15) is 4.79 Å². The van der Waals surface area contributed by atoms with Crippen LogP contribution in [0.5, 0.6) is 0 Å². The molecule has 0 radical (unpaired) electrons. The van der Waals surface area contributed by atoms with Crippen molar-refractivity contribution in [2.45, 2.75) is 51.7 Å². The topological polar surface area (TPSA) is 64.3 Å². The summed E-state index contributed by atoms with van der Waals surface area (Å²) < 4.78 is 5.40. The zero-order valence-electron chi connectivity index (χ0n) is 10.4. The first-order valence-electron chi connectivity index (χ1n) is 6.21. The van der Waals surface area contributed by atoms with Crippen molar-refractivity contribution in [3.63, 3.8) is 0 Å². The van der Waals surface area contributed by atoms with Crippen molar-refractivity contribution in [1.82, 2.24) is 5.32 Å². The molecule has 0 spiro atoms. The number of rotatable bonds is 6. The van der Waals surface area contributed by atoms with Gasteiger partial charge in [0.1, 0.15) is 0 Å². The molecule has 2 atom stereocenters. The Morgan fingerprint density at radius 1 is 1.56 bits per heavy atom. The van der Waals surface area contributed by atoms with Gasteiger partial charge in [0.05, 0.1) is 12.5 Å². The van der Waals surface area contributed by atoms with E-state index in [0.717, 1.165) is 25.9 Å². The van der Waals surface area contributed by atoms with Crippen molar-refractivity contribution in [1.29, 1.82) is 0 Å². The average Bonchev–Trinajstić information content (AvgIpc) is 2.66. The molecule has 1 aliphatic rings. The van der Waals surface area contributed by atoms with Gasteiger partial charge in [0.15, 0.2) is 0 Å². The molecule has 1 aliphatic heterocycles. The largest absolute Gasteiger partial charge is 0.378 e. The molecule has 4 nitrogen and oxygen atoms in total. The molecule has 1 heterocycles. The molecule has 3 N–H and O–H groups in total. The quantitative estimate of drug-likeness (QED) is 0.714. The molecule has 0 saturated carbocycles. The zero-order chi connectivity index (χ0) is 12.0. The predicted octanol–water partition coefficient (Wildman–Crippen LogP) is 1.05. The third-order valence-electron chi connectivity index (χ3n) is 2.77. The molecule has 16 heavy (non-hydrogen) atoms. The fourth-order valence-electron chi connectivity index (χ4n) is 2.02. The highest BCUT2D eigenvalue weighted by Crippen LogP contribution is 2.14. The molecule has 0 aromatic rings. The van der Waals surface area contributed by atoms with Crippen LogP contribution in [0.1, 0.15) is 39.5 Å². The van der Waals surface area contributed by atoms with Gasteiger partial charge in [-0.2, -0.15) is 0 Å². The summed E-state index contributed by atoms with van der Waals surface area (Å²) >= 11 is 0. The molecule has 0 aromatic heterocycles. The minimum Gasteiger partial charge on any atom is -0.378 e. The summed E-state index contributed by atoms with van der Waals surface area (Å²) in [6, 6.07) is 0.0634. The van der Waals surface area contributed by atoms with Crippen LogP contribution in [-0.4, -0.2) is 31.2 Å². The zero-order valence-corrected chi connectivity index (χ0v) is 10.4. The summed E-state index contributed by atoms with van der Waals surface area (Å²) in [5, 5.41) is 2.87. The molecule has 0 bridgehead atoms. The van der Waals surface area contributed by atoms with Crippen molar-refractivity contribution in [3.8, 4) is 0 Å². The van der Waals surface area contributed by atoms with Crippen molar-refractivity contribution in [2.75, 3.05) is 13.2 Å². The lowest BCUT2D eigenvalue weighted by atomic mass is 10.0. The van der Waals surface area contributed by atoms with Crippen molar-refractivity contribution >= 4 is 5.91 Å². The highest BCUT2D eigenvalue weighted by atomic mass is 16.5. The molecule has 0 aromatic carbocycles. The second-order valence-corrected chi connectivity index (χ2v) is 5.03. The number of carbonyl (C=O) groups is 1. The fraction of sp³-hybridized carbons (Fsp3) is 0.917. The van der Waals surface area contributed by atoms with E-state index in [-0.39, 0.29) is 18.1 Å². The van der Waals surface area contributed by atoms with Gasteiger partial charge in [0.25, 0.3) is 0 Å². The molecule has 0 aliphatic carbocycles. The van der Waals surface area contributed by atoms with Crippen LogP contribution in [0.25, 0.3) is 0 Å². The Labute approximate surface area is 97.9 Å². The van der Waals surface area contributed by atoms with E-state index in [2.05, 4.69) is 19.2 Å². The summed E-state index contributed by atoms with van der Waals surface area (Å²) in [5.74, 6) is 0.635. The minimum absolute atomic E-state index is 0.0612. The van der Waals surface area contributed by atoms with Crippen LogP contribution in [0.15, 0.2) is 0 Å². The van der Waals surface area contributed by atoms with E-state index in [1.165, 1.54) is 0 Å². The Morgan fingerprint density at radius 2 is 2.31 bits per heavy atom. The fourth-order valence-corrected chi connectivity index (χ4v) is 2.02. The second kappa shape index (κ2) is 6.86. The molecular formula is C12H24N2O2. The first-order chi connectivity index (χ1) is 7.58. The standard InChI is InChI=1S/C12H24N2O2/c1-9(2)6-10(13)8-14-12(15)7-11-4-3-5-16-11/h9-11H,3-8,13H2,1-2H3,(H,14,15). The van der Waals surface area contributed by atoms with E-state index in [4.69, 9.17) is 10.5 Å². The maximum atomic E-state index is 11.5. The van der Waals surface area contributed by atoms with Gasteiger partial charge in [0.2, 0.25) is 5.91 Å². The first kappa shape index (κ1) is 13.5. The van der Waals surface area contributed by atoms with Gasteiger partial charge in [0, 0.05) is 19.2 Å². The summed E-state index contributed by atoms with van der Waals surface area (Å²) in [6.45, 7) is 5.64. The van der Waals surface area contributed by atoms with Gasteiger partial charge < -0.3 is 15.8 Å². The lowest BCUT2D eigenvalue weighted by molar-refractivity contribution is -0.123. The molecular weight excluding hydrogens is 204 g/mol. The predicted molar refractivity (Wildman–Crippen MR) is 64.0 cm³/mol. The number of amides is 1. The Morgan fingerprint density at radius 3 is 2.88 bits per heavy atom. The van der Waals surface area contributed by atoms with Crippen LogP contribution in [0.3, 0.4) is 0 Å². The van der Waals surface area contributed by atoms with E-state index in [1.54, 1.807) is 0 Å². The van der Waals surface area contributed by atoms with Crippen LogP contribution >= 0.6 is 0 Å². The van der Waals surface area contributed by atoms with E-state index < -0.39 is 0 Å². The normalized spacial score (nSPS) is 22.4. The number of hydrogen-bond acceptors (Lipinski definition) is 3. The highest BCUT2D eigenvalue weighted by Gasteiger charge is 2.19. The average molecular weight is 228 g/mol. The number of nitrogens with one attached hydrogen (secondary N) is 1. The number of ether oxygens (including phenoxy) is 1. The Kier molecular flexibility index (Phi) is 5.77. The van der Waals surface area contributed by atoms with Crippen LogP contribution in [-0.2, 0) is 9.53 Å². The summed E-state index contributed by atoms with van der Waals surface area (Å²) in [7, 11) is 0. The molecule has 1 rings (SSSR count). The van der Waals surface area contributed by atoms with Gasteiger partial charge in [-0.25, -0.2) is 0 Å². The number of carbonyl (C=O) groups excluding carboxylic acids is 1. The number of nitrogens with two attached hydrogens (primary N) is 1. The molecule has 2 unspecified atom stereocenters. The lowest BCUT2D eigenvalue weighted by Gasteiger charge is -2.15. The minimum atomic E-state index is 0.0612. The van der Waals surface area contributed by atoms with E-state index in [1.807, 2.05) is 0 Å². The molecule has 4 heteroatoms. The van der Waals surface area contributed by atoms with Crippen LogP contribution in [0.4, 0.5) is 0 Å². The van der Waals surface area contributed by atoms with Gasteiger partial charge in [-0.1, -0.05) is 13.8 Å². The van der Waals surface area contributed by atoms with Crippen LogP contribution < -0.4 is 11.1 Å². The van der Waals surface area contributed by atoms with Crippen molar-refractivity contribution in [3.05, 3.63) is 0 Å². The number of hydrogen-bond donors (Lipinski definition) is 2. The smallest absolute Gasteiger partial charge is 0.222 e. The maximum absolute atomic E-state index is 11.5. The Bertz CT molecular complexity index is 213. The highest BCUT2D eigenvalue weighted by molar-refractivity contribution is 5.76. The summed E-state index contributed by atoms with van der Waals surface area (Å²) in [6.07, 6.45) is 3.63. The summed E-state index contributed by atoms with van der Waals surface area (Å²) in [5.41, 5.74) is 5.89. The maximum Gasteiger partial charge on any atom is 0.222 e. The van der Waals surface area contributed by atoms with Gasteiger partial charge >= 0.3 is 0 Å². The third-order valence-corrected chi connectivity index (χ3v) is 2.77. The van der Waals surface area contributed by atoms with E-state index in [0.29, 0.717) is 18.9 Å². The Hall–Kier alpha value is -0.610. The lowest BCUT2D eigenvalue weighted by Crippen LogP contribution is -2.39. The van der Waals surface area contributed by atoms with E-state index >= 15 is 0 Å². The third kappa shape index (κ3) is 5.47.